The zero-order chi connectivity index (χ0) is 23.2. The predicted molar refractivity (Wildman–Crippen MR) is 116 cm³/mol. The first kappa shape index (κ1) is 23.8. The van der Waals surface area contributed by atoms with Gasteiger partial charge in [-0.1, -0.05) is 19.1 Å². The maximum Gasteiger partial charge on any atom is 0.338 e. The molecule has 31 heavy (non-hydrogen) atoms. The van der Waals surface area contributed by atoms with Gasteiger partial charge in [-0.05, 0) is 37.6 Å². The molecule has 0 heterocycles. The second-order valence-electron chi connectivity index (χ2n) is 6.55. The lowest BCUT2D eigenvalue weighted by atomic mass is 10.1. The van der Waals surface area contributed by atoms with Crippen LogP contribution in [-0.4, -0.2) is 44.1 Å². The summed E-state index contributed by atoms with van der Waals surface area (Å²) in [5, 5.41) is 13.7. The van der Waals surface area contributed by atoms with Crippen LogP contribution < -0.4 is 9.62 Å². The Kier molecular flexibility index (Phi) is 7.70. The Balaban J connectivity index is 2.38. The van der Waals surface area contributed by atoms with E-state index in [1.54, 1.807) is 26.0 Å². The number of anilines is 2. The van der Waals surface area contributed by atoms with Crippen LogP contribution in [0.3, 0.4) is 0 Å². The topological polar surface area (TPSA) is 136 Å². The minimum absolute atomic E-state index is 0.000950. The standard InChI is InChI=1S/C20H23N3O7S/c1-4-18(19(24)21-15-9-6-8-14(12-15)20(25)30-5-2)22(31(3,28)29)16-10-7-11-17(13-16)23(26)27/h6-13,18H,4-5H2,1-3H3,(H,21,24)/t18-/m0/s1. The van der Waals surface area contributed by atoms with Gasteiger partial charge < -0.3 is 10.1 Å². The molecular weight excluding hydrogens is 426 g/mol. The molecule has 0 aromatic heterocycles. The van der Waals surface area contributed by atoms with Gasteiger partial charge in [-0.15, -0.1) is 0 Å². The van der Waals surface area contributed by atoms with Crippen molar-refractivity contribution in [3.8, 4) is 0 Å². The number of sulfonamides is 1. The summed E-state index contributed by atoms with van der Waals surface area (Å²) in [4.78, 5) is 35.3. The Morgan fingerprint density at radius 3 is 2.42 bits per heavy atom. The second-order valence-corrected chi connectivity index (χ2v) is 8.41. The van der Waals surface area contributed by atoms with Crippen molar-refractivity contribution in [2.45, 2.75) is 26.3 Å². The SMILES string of the molecule is CCOC(=O)c1cccc(NC(=O)[C@H](CC)N(c2cccc([N+](=O)[O-])c2)S(C)(=O)=O)c1. The number of hydrogen-bond donors (Lipinski definition) is 1. The fraction of sp³-hybridized carbons (Fsp3) is 0.300. The van der Waals surface area contributed by atoms with Gasteiger partial charge >= 0.3 is 5.97 Å². The molecule has 0 radical (unpaired) electrons. The minimum Gasteiger partial charge on any atom is -0.462 e. The minimum atomic E-state index is -3.96. The van der Waals surface area contributed by atoms with Crippen LogP contribution in [0.5, 0.6) is 0 Å². The van der Waals surface area contributed by atoms with E-state index in [9.17, 15) is 28.1 Å². The number of benzene rings is 2. The molecule has 0 aliphatic rings. The van der Waals surface area contributed by atoms with E-state index >= 15 is 0 Å². The number of nitrogens with zero attached hydrogens (tertiary/aromatic N) is 2. The van der Waals surface area contributed by atoms with Crippen LogP contribution in [0, 0.1) is 10.1 Å². The highest BCUT2D eigenvalue weighted by molar-refractivity contribution is 7.92. The predicted octanol–water partition coefficient (Wildman–Crippen LogP) is 2.95. The molecule has 0 unspecified atom stereocenters. The zero-order valence-electron chi connectivity index (χ0n) is 17.3. The Bertz CT molecular complexity index is 1090. The highest BCUT2D eigenvalue weighted by Gasteiger charge is 2.32. The van der Waals surface area contributed by atoms with Crippen LogP contribution >= 0.6 is 0 Å². The molecule has 1 amide bonds. The molecule has 0 aliphatic carbocycles. The number of nitro benzene ring substituents is 1. The second kappa shape index (κ2) is 10.0. The van der Waals surface area contributed by atoms with E-state index in [0.29, 0.717) is 0 Å². The molecule has 2 aromatic carbocycles. The normalized spacial score (nSPS) is 12.0. The number of ether oxygens (including phenoxy) is 1. The smallest absolute Gasteiger partial charge is 0.338 e. The molecule has 0 fully saturated rings. The van der Waals surface area contributed by atoms with Gasteiger partial charge in [0.2, 0.25) is 15.9 Å². The van der Waals surface area contributed by atoms with Crippen molar-refractivity contribution in [3.05, 3.63) is 64.2 Å². The van der Waals surface area contributed by atoms with Gasteiger partial charge in [-0.25, -0.2) is 13.2 Å². The van der Waals surface area contributed by atoms with Gasteiger partial charge in [-0.3, -0.25) is 19.2 Å². The molecule has 0 bridgehead atoms. The van der Waals surface area contributed by atoms with Crippen LogP contribution in [0.4, 0.5) is 17.1 Å². The molecular formula is C20H23N3O7S. The fourth-order valence-corrected chi connectivity index (χ4v) is 4.17. The monoisotopic (exact) mass is 449 g/mol. The number of amides is 1. The van der Waals surface area contributed by atoms with Crippen LogP contribution in [0.2, 0.25) is 0 Å². The third-order valence-electron chi connectivity index (χ3n) is 4.27. The maximum absolute atomic E-state index is 13.0. The van der Waals surface area contributed by atoms with Crippen LogP contribution in [0.1, 0.15) is 30.6 Å². The number of nitrogens with one attached hydrogen (secondary N) is 1. The lowest BCUT2D eigenvalue weighted by molar-refractivity contribution is -0.384. The van der Waals surface area contributed by atoms with Gasteiger partial charge in [0.25, 0.3) is 5.69 Å². The lowest BCUT2D eigenvalue weighted by Crippen LogP contribution is -2.47. The number of hydrogen-bond acceptors (Lipinski definition) is 7. The first-order valence-corrected chi connectivity index (χ1v) is 11.2. The average molecular weight is 449 g/mol. The fourth-order valence-electron chi connectivity index (χ4n) is 2.97. The largest absolute Gasteiger partial charge is 0.462 e. The Morgan fingerprint density at radius 2 is 1.84 bits per heavy atom. The van der Waals surface area contributed by atoms with Crippen molar-refractivity contribution in [1.29, 1.82) is 0 Å². The average Bonchev–Trinajstić information content (AvgIpc) is 2.71. The third-order valence-corrected chi connectivity index (χ3v) is 5.45. The van der Waals surface area contributed by atoms with Crippen molar-refractivity contribution < 1.29 is 27.7 Å². The highest BCUT2D eigenvalue weighted by Crippen LogP contribution is 2.27. The van der Waals surface area contributed by atoms with Crippen LogP contribution in [0.25, 0.3) is 0 Å². The molecule has 11 heteroatoms. The van der Waals surface area contributed by atoms with Crippen molar-refractivity contribution in [2.24, 2.45) is 0 Å². The van der Waals surface area contributed by atoms with Gasteiger partial charge in [0.1, 0.15) is 6.04 Å². The zero-order valence-corrected chi connectivity index (χ0v) is 18.1. The summed E-state index contributed by atoms with van der Waals surface area (Å²) in [5.41, 5.74) is 0.204. The van der Waals surface area contributed by atoms with Gasteiger partial charge in [0, 0.05) is 17.8 Å². The molecule has 2 aromatic rings. The van der Waals surface area contributed by atoms with E-state index in [4.69, 9.17) is 4.74 Å². The van der Waals surface area contributed by atoms with Crippen molar-refractivity contribution in [2.75, 3.05) is 22.5 Å². The molecule has 1 atom stereocenters. The summed E-state index contributed by atoms with van der Waals surface area (Å²) in [6.45, 7) is 3.48. The first-order valence-electron chi connectivity index (χ1n) is 9.40. The van der Waals surface area contributed by atoms with E-state index in [1.165, 1.54) is 30.3 Å². The summed E-state index contributed by atoms with van der Waals surface area (Å²) >= 11 is 0. The van der Waals surface area contributed by atoms with Crippen molar-refractivity contribution >= 4 is 39.0 Å². The molecule has 1 N–H and O–H groups in total. The number of carbonyl (C=O) groups excluding carboxylic acids is 2. The van der Waals surface area contributed by atoms with E-state index < -0.39 is 32.9 Å². The van der Waals surface area contributed by atoms with Gasteiger partial charge in [0.05, 0.1) is 29.0 Å². The van der Waals surface area contributed by atoms with Crippen molar-refractivity contribution in [1.82, 2.24) is 0 Å². The summed E-state index contributed by atoms with van der Waals surface area (Å²) < 4.78 is 30.8. The van der Waals surface area contributed by atoms with Crippen LogP contribution in [-0.2, 0) is 19.6 Å². The van der Waals surface area contributed by atoms with Gasteiger partial charge in [0.15, 0.2) is 0 Å². The molecule has 166 valence electrons. The third kappa shape index (κ3) is 6.01. The molecule has 0 aliphatic heterocycles. The number of nitro groups is 1. The summed E-state index contributed by atoms with van der Waals surface area (Å²) in [6.07, 6.45) is 1.02. The van der Waals surface area contributed by atoms with E-state index in [1.807, 2.05) is 0 Å². The number of non-ortho nitro benzene ring substituents is 1. The van der Waals surface area contributed by atoms with Crippen molar-refractivity contribution in [3.63, 3.8) is 0 Å². The highest BCUT2D eigenvalue weighted by atomic mass is 32.2. The Morgan fingerprint density at radius 1 is 1.16 bits per heavy atom. The van der Waals surface area contributed by atoms with Gasteiger partial charge in [-0.2, -0.15) is 0 Å². The maximum atomic E-state index is 13.0. The molecule has 0 saturated heterocycles. The molecule has 0 spiro atoms. The van der Waals surface area contributed by atoms with E-state index in [-0.39, 0.29) is 35.7 Å². The van der Waals surface area contributed by atoms with Crippen LogP contribution in [0.15, 0.2) is 48.5 Å². The first-order chi connectivity index (χ1) is 14.6. The number of carbonyl (C=O) groups is 2. The molecule has 10 nitrogen and oxygen atoms in total. The molecule has 0 saturated carbocycles. The van der Waals surface area contributed by atoms with E-state index in [2.05, 4.69) is 5.32 Å². The number of esters is 1. The summed E-state index contributed by atoms with van der Waals surface area (Å²) in [6, 6.07) is 9.92. The quantitative estimate of drug-likeness (QED) is 0.353. The summed E-state index contributed by atoms with van der Waals surface area (Å²) in [7, 11) is -3.96. The lowest BCUT2D eigenvalue weighted by Gasteiger charge is -2.30. The Labute approximate surface area is 180 Å². The number of rotatable bonds is 9. The van der Waals surface area contributed by atoms with E-state index in [0.717, 1.165) is 16.6 Å². The summed E-state index contributed by atoms with van der Waals surface area (Å²) in [5.74, 6) is -1.21. The Hall–Kier alpha value is -3.47. The molecule has 2 rings (SSSR count).